The van der Waals surface area contributed by atoms with E-state index in [1.54, 1.807) is 22.7 Å². The van der Waals surface area contributed by atoms with Crippen molar-refractivity contribution in [1.29, 1.82) is 0 Å². The first-order valence-electron chi connectivity index (χ1n) is 3.99. The monoisotopic (exact) mass is 349 g/mol. The van der Waals surface area contributed by atoms with E-state index in [0.29, 0.717) is 0 Å². The Hall–Kier alpha value is 0.160. The topological polar surface area (TPSA) is 4.93 Å². The van der Waals surface area contributed by atoms with E-state index in [9.17, 15) is 0 Å². The number of aryl methyl sites for hydroxylation is 1. The van der Waals surface area contributed by atoms with Crippen molar-refractivity contribution in [3.63, 3.8) is 0 Å². The Morgan fingerprint density at radius 1 is 1.00 bits per heavy atom. The van der Waals surface area contributed by atoms with Gasteiger partial charge < -0.3 is 4.57 Å². The highest BCUT2D eigenvalue weighted by Crippen LogP contribution is 2.42. The lowest BCUT2D eigenvalue weighted by atomic mass is 10.5. The molecule has 3 heterocycles. The van der Waals surface area contributed by atoms with Crippen LogP contribution in [0.5, 0.6) is 0 Å². The zero-order chi connectivity index (χ0) is 9.87. The van der Waals surface area contributed by atoms with Gasteiger partial charge in [0.05, 0.1) is 28.0 Å². The van der Waals surface area contributed by atoms with Crippen molar-refractivity contribution in [3.05, 3.63) is 19.7 Å². The molecule has 0 aliphatic heterocycles. The molecule has 5 heteroatoms. The fraction of sp³-hybridized carbons (Fsp3) is 0.111. The van der Waals surface area contributed by atoms with Crippen LogP contribution in [0, 0.1) is 0 Å². The van der Waals surface area contributed by atoms with Gasteiger partial charge in [-0.2, -0.15) is 0 Å². The largest absolute Gasteiger partial charge is 0.342 e. The summed E-state index contributed by atoms with van der Waals surface area (Å²) in [5, 5.41) is 0. The van der Waals surface area contributed by atoms with E-state index in [1.165, 1.54) is 28.0 Å². The van der Waals surface area contributed by atoms with E-state index >= 15 is 0 Å². The fourth-order valence-corrected chi connectivity index (χ4v) is 5.04. The molecule has 3 aromatic heterocycles. The zero-order valence-corrected chi connectivity index (χ0v) is 12.0. The van der Waals surface area contributed by atoms with Crippen LogP contribution in [0.15, 0.2) is 19.7 Å². The van der Waals surface area contributed by atoms with E-state index in [-0.39, 0.29) is 0 Å². The molecule has 3 rings (SSSR count). The summed E-state index contributed by atoms with van der Waals surface area (Å²) in [7, 11) is 2.11. The molecule has 3 aromatic rings. The Labute approximate surface area is 106 Å². The number of fused-ring (bicyclic) bond motifs is 3. The standard InChI is InChI=1S/C9H5Br2NS2/c1-12-4-2-6(10)13-8(4)9-5(12)3-7(11)14-9/h2-3H,1H3. The van der Waals surface area contributed by atoms with E-state index in [1.807, 2.05) is 0 Å². The molecule has 14 heavy (non-hydrogen) atoms. The Morgan fingerprint density at radius 2 is 1.43 bits per heavy atom. The van der Waals surface area contributed by atoms with Gasteiger partial charge in [-0.05, 0) is 44.0 Å². The number of aromatic nitrogens is 1. The molecule has 0 spiro atoms. The third-order valence-corrected chi connectivity index (χ3v) is 5.71. The molecule has 0 fully saturated rings. The second kappa shape index (κ2) is 3.07. The second-order valence-corrected chi connectivity index (χ2v) is 7.95. The number of hydrogen-bond donors (Lipinski definition) is 0. The van der Waals surface area contributed by atoms with E-state index < -0.39 is 0 Å². The van der Waals surface area contributed by atoms with E-state index in [0.717, 1.165) is 0 Å². The smallest absolute Gasteiger partial charge is 0.0726 e. The van der Waals surface area contributed by atoms with Crippen molar-refractivity contribution in [2.75, 3.05) is 0 Å². The summed E-state index contributed by atoms with van der Waals surface area (Å²) in [4.78, 5) is 0. The van der Waals surface area contributed by atoms with Crippen molar-refractivity contribution in [2.24, 2.45) is 7.05 Å². The lowest BCUT2D eigenvalue weighted by Crippen LogP contribution is -1.82. The van der Waals surface area contributed by atoms with Crippen LogP contribution in [0.1, 0.15) is 0 Å². The molecular weight excluding hydrogens is 346 g/mol. The van der Waals surface area contributed by atoms with Gasteiger partial charge in [0.25, 0.3) is 0 Å². The second-order valence-electron chi connectivity index (χ2n) is 3.09. The van der Waals surface area contributed by atoms with Gasteiger partial charge in [-0.3, -0.25) is 0 Å². The fourth-order valence-electron chi connectivity index (χ4n) is 1.66. The van der Waals surface area contributed by atoms with Gasteiger partial charge in [-0.1, -0.05) is 0 Å². The summed E-state index contributed by atoms with van der Waals surface area (Å²) in [5.74, 6) is 0. The molecule has 0 aliphatic carbocycles. The number of nitrogens with zero attached hydrogens (tertiary/aromatic N) is 1. The third-order valence-electron chi connectivity index (χ3n) is 2.29. The van der Waals surface area contributed by atoms with Crippen LogP contribution in [0.25, 0.3) is 20.4 Å². The first kappa shape index (κ1) is 9.39. The van der Waals surface area contributed by atoms with Crippen LogP contribution >= 0.6 is 54.5 Å². The molecule has 0 saturated carbocycles. The van der Waals surface area contributed by atoms with Crippen LogP contribution in [-0.2, 0) is 7.05 Å². The minimum atomic E-state index is 1.20. The van der Waals surface area contributed by atoms with Gasteiger partial charge in [-0.15, -0.1) is 22.7 Å². The number of hydrogen-bond acceptors (Lipinski definition) is 2. The maximum atomic E-state index is 3.53. The minimum absolute atomic E-state index is 1.20. The summed E-state index contributed by atoms with van der Waals surface area (Å²) in [6.45, 7) is 0. The highest BCUT2D eigenvalue weighted by atomic mass is 79.9. The quantitative estimate of drug-likeness (QED) is 0.538. The molecule has 0 N–H and O–H groups in total. The molecule has 0 aromatic carbocycles. The molecule has 1 nitrogen and oxygen atoms in total. The normalized spacial score (nSPS) is 11.9. The molecular formula is C9H5Br2NS2. The molecule has 0 amide bonds. The predicted octanol–water partition coefficient (Wildman–Crippen LogP) is 4.98. The van der Waals surface area contributed by atoms with Gasteiger partial charge in [0.2, 0.25) is 0 Å². The van der Waals surface area contributed by atoms with Crippen LogP contribution < -0.4 is 0 Å². The maximum Gasteiger partial charge on any atom is 0.0726 e. The molecule has 0 unspecified atom stereocenters. The summed E-state index contributed by atoms with van der Waals surface area (Å²) in [5.41, 5.74) is 2.63. The molecule has 0 atom stereocenters. The first-order chi connectivity index (χ1) is 6.66. The SMILES string of the molecule is Cn1c2cc(Br)sc2c2sc(Br)cc21. The Balaban J connectivity index is 2.62. The minimum Gasteiger partial charge on any atom is -0.342 e. The van der Waals surface area contributed by atoms with Crippen molar-refractivity contribution < 1.29 is 0 Å². The Morgan fingerprint density at radius 3 is 1.86 bits per heavy atom. The van der Waals surface area contributed by atoms with Crippen molar-refractivity contribution in [2.45, 2.75) is 0 Å². The maximum absolute atomic E-state index is 3.53. The van der Waals surface area contributed by atoms with Gasteiger partial charge in [0.1, 0.15) is 0 Å². The van der Waals surface area contributed by atoms with Crippen LogP contribution in [0.3, 0.4) is 0 Å². The number of rotatable bonds is 0. The molecule has 0 bridgehead atoms. The highest BCUT2D eigenvalue weighted by Gasteiger charge is 2.13. The predicted molar refractivity (Wildman–Crippen MR) is 71.6 cm³/mol. The van der Waals surface area contributed by atoms with E-state index in [2.05, 4.69) is 55.6 Å². The first-order valence-corrected chi connectivity index (χ1v) is 7.21. The van der Waals surface area contributed by atoms with E-state index in [4.69, 9.17) is 0 Å². The summed E-state index contributed by atoms with van der Waals surface area (Å²) in [6, 6.07) is 4.36. The average Bonchev–Trinajstić information content (AvgIpc) is 2.71. The van der Waals surface area contributed by atoms with Crippen molar-refractivity contribution in [1.82, 2.24) is 4.57 Å². The van der Waals surface area contributed by atoms with Crippen LogP contribution in [0.4, 0.5) is 0 Å². The highest BCUT2D eigenvalue weighted by molar-refractivity contribution is 9.11. The van der Waals surface area contributed by atoms with Gasteiger partial charge in [-0.25, -0.2) is 0 Å². The lowest BCUT2D eigenvalue weighted by Gasteiger charge is -1.91. The average molecular weight is 351 g/mol. The van der Waals surface area contributed by atoms with Gasteiger partial charge >= 0.3 is 0 Å². The van der Waals surface area contributed by atoms with Gasteiger partial charge in [0.15, 0.2) is 0 Å². The number of halogens is 2. The lowest BCUT2D eigenvalue weighted by molar-refractivity contribution is 1.02. The molecule has 0 aliphatic rings. The molecule has 0 radical (unpaired) electrons. The molecule has 0 saturated heterocycles. The van der Waals surface area contributed by atoms with Crippen molar-refractivity contribution in [3.8, 4) is 0 Å². The number of thiophene rings is 2. The summed E-state index contributed by atoms with van der Waals surface area (Å²) < 4.78 is 7.40. The van der Waals surface area contributed by atoms with Gasteiger partial charge in [0, 0.05) is 7.05 Å². The van der Waals surface area contributed by atoms with Crippen LogP contribution in [-0.4, -0.2) is 4.57 Å². The summed E-state index contributed by atoms with van der Waals surface area (Å²) >= 11 is 10.7. The molecule has 72 valence electrons. The summed E-state index contributed by atoms with van der Waals surface area (Å²) in [6.07, 6.45) is 0. The Kier molecular flexibility index (Phi) is 2.06. The van der Waals surface area contributed by atoms with Crippen LogP contribution in [0.2, 0.25) is 0 Å². The third kappa shape index (κ3) is 1.16. The van der Waals surface area contributed by atoms with Crippen molar-refractivity contribution >= 4 is 75.0 Å². The zero-order valence-electron chi connectivity index (χ0n) is 7.17. The Bertz CT molecular complexity index is 578.